The van der Waals surface area contributed by atoms with Crippen LogP contribution in [0.1, 0.15) is 32.6 Å². The van der Waals surface area contributed by atoms with Crippen molar-refractivity contribution in [3.63, 3.8) is 0 Å². The van der Waals surface area contributed by atoms with Crippen LogP contribution < -0.4 is 5.73 Å². The molecule has 3 N–H and O–H groups in total. The van der Waals surface area contributed by atoms with Crippen LogP contribution >= 0.6 is 0 Å². The average molecular weight is 240 g/mol. The third-order valence-corrected chi connectivity index (χ3v) is 4.29. The third-order valence-electron chi connectivity index (χ3n) is 4.29. The molecule has 1 aliphatic heterocycles. The Morgan fingerprint density at radius 2 is 2.18 bits per heavy atom. The molecule has 1 amide bonds. The van der Waals surface area contributed by atoms with E-state index in [1.165, 1.54) is 0 Å². The van der Waals surface area contributed by atoms with Crippen LogP contribution in [0, 0.1) is 11.8 Å². The molecule has 0 radical (unpaired) electrons. The van der Waals surface area contributed by atoms with E-state index in [0.29, 0.717) is 18.9 Å². The number of hydrogen-bond donors (Lipinski definition) is 2. The molecule has 96 valence electrons. The van der Waals surface area contributed by atoms with E-state index in [9.17, 15) is 14.7 Å². The molecule has 0 aromatic heterocycles. The molecule has 5 heteroatoms. The monoisotopic (exact) mass is 240 g/mol. The van der Waals surface area contributed by atoms with Gasteiger partial charge in [-0.1, -0.05) is 13.3 Å². The van der Waals surface area contributed by atoms with Crippen LogP contribution in [-0.4, -0.2) is 40.5 Å². The summed E-state index contributed by atoms with van der Waals surface area (Å²) in [5.41, 5.74) is 5.37. The van der Waals surface area contributed by atoms with E-state index >= 15 is 0 Å². The Morgan fingerprint density at radius 1 is 1.47 bits per heavy atom. The van der Waals surface area contributed by atoms with Gasteiger partial charge in [0.1, 0.15) is 6.04 Å². The van der Waals surface area contributed by atoms with Crippen molar-refractivity contribution in [2.45, 2.75) is 44.7 Å². The third kappa shape index (κ3) is 2.04. The number of nitrogens with two attached hydrogens (primary N) is 1. The zero-order valence-electron chi connectivity index (χ0n) is 10.1. The van der Waals surface area contributed by atoms with Gasteiger partial charge in [-0.05, 0) is 31.1 Å². The fraction of sp³-hybridized carbons (Fsp3) is 0.833. The Labute approximate surface area is 101 Å². The Balaban J connectivity index is 2.21. The molecule has 2 rings (SSSR count). The minimum Gasteiger partial charge on any atom is -0.480 e. The lowest BCUT2D eigenvalue weighted by molar-refractivity contribution is -0.145. The molecular formula is C12H20N2O3. The van der Waals surface area contributed by atoms with Gasteiger partial charge in [0.25, 0.3) is 0 Å². The molecule has 2 aliphatic rings. The van der Waals surface area contributed by atoms with E-state index in [0.717, 1.165) is 19.3 Å². The smallest absolute Gasteiger partial charge is 0.321 e. The molecule has 1 saturated heterocycles. The Kier molecular flexibility index (Phi) is 3.38. The summed E-state index contributed by atoms with van der Waals surface area (Å²) in [7, 11) is 0. The number of amides is 1. The Morgan fingerprint density at radius 3 is 2.71 bits per heavy atom. The lowest BCUT2D eigenvalue weighted by Crippen LogP contribution is -2.50. The van der Waals surface area contributed by atoms with Gasteiger partial charge in [-0.15, -0.1) is 0 Å². The number of hydrogen-bond acceptors (Lipinski definition) is 3. The van der Waals surface area contributed by atoms with Crippen LogP contribution in [0.25, 0.3) is 0 Å². The molecule has 4 unspecified atom stereocenters. The number of carboxylic acid groups (broad SMARTS) is 1. The van der Waals surface area contributed by atoms with Gasteiger partial charge in [-0.25, -0.2) is 0 Å². The second-order valence-corrected chi connectivity index (χ2v) is 5.16. The number of aliphatic carboxylic acids is 1. The summed E-state index contributed by atoms with van der Waals surface area (Å²) in [6.45, 7) is 2.59. The predicted octanol–water partition coefficient (Wildman–Crippen LogP) is 0.435. The maximum absolute atomic E-state index is 11.4. The van der Waals surface area contributed by atoms with Crippen molar-refractivity contribution in [1.82, 2.24) is 4.90 Å². The minimum atomic E-state index is -0.806. The minimum absolute atomic E-state index is 0.209. The highest BCUT2D eigenvalue weighted by Gasteiger charge is 2.50. The SMILES string of the molecule is CCC(C(N)=O)N1CC2CCCC2C1C(=O)O. The molecule has 1 aliphatic carbocycles. The van der Waals surface area contributed by atoms with Gasteiger partial charge in [-0.3, -0.25) is 14.5 Å². The van der Waals surface area contributed by atoms with Crippen molar-refractivity contribution in [1.29, 1.82) is 0 Å². The van der Waals surface area contributed by atoms with Crippen LogP contribution in [0.4, 0.5) is 0 Å². The highest BCUT2D eigenvalue weighted by atomic mass is 16.4. The molecule has 1 heterocycles. The standard InChI is InChI=1S/C12H20N2O3/c1-2-9(11(13)15)14-6-7-4-3-5-8(7)10(14)12(16)17/h7-10H,2-6H2,1H3,(H2,13,15)(H,16,17). The summed E-state index contributed by atoms with van der Waals surface area (Å²) < 4.78 is 0. The van der Waals surface area contributed by atoms with Crippen LogP contribution in [0.3, 0.4) is 0 Å². The number of primary amides is 1. The molecule has 2 fully saturated rings. The molecule has 0 aromatic carbocycles. The first kappa shape index (κ1) is 12.4. The van der Waals surface area contributed by atoms with Crippen molar-refractivity contribution in [2.24, 2.45) is 17.6 Å². The largest absolute Gasteiger partial charge is 0.480 e. The number of carbonyl (C=O) groups is 2. The van der Waals surface area contributed by atoms with Crippen LogP contribution in [0.2, 0.25) is 0 Å². The van der Waals surface area contributed by atoms with Gasteiger partial charge in [0.05, 0.1) is 6.04 Å². The lowest BCUT2D eigenvalue weighted by Gasteiger charge is -2.29. The molecule has 0 spiro atoms. The number of likely N-dealkylation sites (tertiary alicyclic amines) is 1. The first-order chi connectivity index (χ1) is 8.06. The van der Waals surface area contributed by atoms with Gasteiger partial charge in [0.2, 0.25) is 5.91 Å². The summed E-state index contributed by atoms with van der Waals surface area (Å²) in [4.78, 5) is 24.6. The summed E-state index contributed by atoms with van der Waals surface area (Å²) in [6.07, 6.45) is 3.74. The first-order valence-corrected chi connectivity index (χ1v) is 6.34. The van der Waals surface area contributed by atoms with Gasteiger partial charge in [0.15, 0.2) is 0 Å². The molecule has 4 atom stereocenters. The maximum Gasteiger partial charge on any atom is 0.321 e. The molecule has 5 nitrogen and oxygen atoms in total. The van der Waals surface area contributed by atoms with Crippen molar-refractivity contribution in [2.75, 3.05) is 6.54 Å². The van der Waals surface area contributed by atoms with Crippen LogP contribution in [0.15, 0.2) is 0 Å². The van der Waals surface area contributed by atoms with Crippen molar-refractivity contribution in [3.05, 3.63) is 0 Å². The summed E-state index contributed by atoms with van der Waals surface area (Å²) in [5.74, 6) is -0.566. The fourth-order valence-electron chi connectivity index (χ4n) is 3.58. The topological polar surface area (TPSA) is 83.6 Å². The lowest BCUT2D eigenvalue weighted by atomic mass is 9.94. The fourth-order valence-corrected chi connectivity index (χ4v) is 3.58. The number of carboxylic acids is 1. The van der Waals surface area contributed by atoms with Crippen molar-refractivity contribution < 1.29 is 14.7 Å². The predicted molar refractivity (Wildman–Crippen MR) is 62.2 cm³/mol. The highest BCUT2D eigenvalue weighted by Crippen LogP contribution is 2.43. The maximum atomic E-state index is 11.4. The summed E-state index contributed by atoms with van der Waals surface area (Å²) in [5, 5.41) is 9.36. The zero-order valence-corrected chi connectivity index (χ0v) is 10.1. The molecule has 1 saturated carbocycles. The van der Waals surface area contributed by atoms with E-state index in [1.807, 2.05) is 11.8 Å². The van der Waals surface area contributed by atoms with E-state index in [2.05, 4.69) is 0 Å². The van der Waals surface area contributed by atoms with Gasteiger partial charge >= 0.3 is 5.97 Å². The highest BCUT2D eigenvalue weighted by molar-refractivity contribution is 5.82. The molecular weight excluding hydrogens is 220 g/mol. The second kappa shape index (κ2) is 4.64. The summed E-state index contributed by atoms with van der Waals surface area (Å²) in [6, 6.07) is -0.943. The van der Waals surface area contributed by atoms with Gasteiger partial charge in [-0.2, -0.15) is 0 Å². The van der Waals surface area contributed by atoms with E-state index < -0.39 is 24.0 Å². The van der Waals surface area contributed by atoms with Gasteiger partial charge < -0.3 is 10.8 Å². The zero-order chi connectivity index (χ0) is 12.6. The molecule has 0 aromatic rings. The normalized spacial score (nSPS) is 34.5. The first-order valence-electron chi connectivity index (χ1n) is 6.34. The number of rotatable bonds is 4. The Hall–Kier alpha value is -1.10. The van der Waals surface area contributed by atoms with Crippen LogP contribution in [-0.2, 0) is 9.59 Å². The van der Waals surface area contributed by atoms with Crippen LogP contribution in [0.5, 0.6) is 0 Å². The van der Waals surface area contributed by atoms with Gasteiger partial charge in [0, 0.05) is 6.54 Å². The average Bonchev–Trinajstić information content (AvgIpc) is 2.76. The van der Waals surface area contributed by atoms with Crippen molar-refractivity contribution in [3.8, 4) is 0 Å². The number of fused-ring (bicyclic) bond motifs is 1. The van der Waals surface area contributed by atoms with E-state index in [4.69, 9.17) is 5.73 Å². The quantitative estimate of drug-likeness (QED) is 0.746. The summed E-state index contributed by atoms with van der Waals surface area (Å²) >= 11 is 0. The van der Waals surface area contributed by atoms with Crippen molar-refractivity contribution >= 4 is 11.9 Å². The molecule has 0 bridgehead atoms. The molecule has 17 heavy (non-hydrogen) atoms. The number of carbonyl (C=O) groups excluding carboxylic acids is 1. The van der Waals surface area contributed by atoms with E-state index in [-0.39, 0.29) is 5.92 Å². The Bertz CT molecular complexity index is 332. The van der Waals surface area contributed by atoms with E-state index in [1.54, 1.807) is 0 Å². The second-order valence-electron chi connectivity index (χ2n) is 5.16. The number of nitrogens with zero attached hydrogens (tertiary/aromatic N) is 1.